The number of hydrogen-bond donors (Lipinski definition) is 2. The maximum atomic E-state index is 12.3. The van der Waals surface area contributed by atoms with Crippen LogP contribution in [0.3, 0.4) is 0 Å². The molecule has 0 radical (unpaired) electrons. The lowest BCUT2D eigenvalue weighted by atomic mass is 10.2. The topological polar surface area (TPSA) is 66.9 Å². The quantitative estimate of drug-likeness (QED) is 0.694. The standard InChI is InChI=1S/C18H15BrN4O/c1-12-7-8-15(9-16(12)19)22-17(24)13-10-20-18(21-11-13)23-14-5-3-2-4-6-14/h2-11H,1H3,(H,22,24)(H,20,21,23). The highest BCUT2D eigenvalue weighted by atomic mass is 79.9. The van der Waals surface area contributed by atoms with Crippen molar-refractivity contribution in [2.24, 2.45) is 0 Å². The summed E-state index contributed by atoms with van der Waals surface area (Å²) >= 11 is 3.45. The van der Waals surface area contributed by atoms with Crippen LogP contribution in [-0.2, 0) is 0 Å². The number of aromatic nitrogens is 2. The Kier molecular flexibility index (Phi) is 4.86. The van der Waals surface area contributed by atoms with Crippen molar-refractivity contribution in [3.63, 3.8) is 0 Å². The molecule has 0 aliphatic heterocycles. The number of benzene rings is 2. The summed E-state index contributed by atoms with van der Waals surface area (Å²) in [6.45, 7) is 1.99. The average Bonchev–Trinajstić information content (AvgIpc) is 2.60. The molecule has 120 valence electrons. The Morgan fingerprint density at radius 3 is 2.38 bits per heavy atom. The first-order valence-electron chi connectivity index (χ1n) is 7.33. The summed E-state index contributed by atoms with van der Waals surface area (Å²) in [7, 11) is 0. The Balaban J connectivity index is 1.68. The zero-order valence-electron chi connectivity index (χ0n) is 13.0. The van der Waals surface area contributed by atoms with Crippen LogP contribution in [-0.4, -0.2) is 15.9 Å². The van der Waals surface area contributed by atoms with Gasteiger partial charge in [-0.3, -0.25) is 4.79 Å². The molecule has 3 aromatic rings. The number of hydrogen-bond acceptors (Lipinski definition) is 4. The SMILES string of the molecule is Cc1ccc(NC(=O)c2cnc(Nc3ccccc3)nc2)cc1Br. The van der Waals surface area contributed by atoms with Gasteiger partial charge in [0.25, 0.3) is 5.91 Å². The van der Waals surface area contributed by atoms with Crippen LogP contribution in [0, 0.1) is 6.92 Å². The summed E-state index contributed by atoms with van der Waals surface area (Å²) in [4.78, 5) is 20.6. The second-order valence-corrected chi connectivity index (χ2v) is 6.06. The lowest BCUT2D eigenvalue weighted by Gasteiger charge is -2.08. The third-order valence-corrected chi connectivity index (χ3v) is 4.23. The van der Waals surface area contributed by atoms with Crippen molar-refractivity contribution in [2.45, 2.75) is 6.92 Å². The van der Waals surface area contributed by atoms with Crippen molar-refractivity contribution in [3.8, 4) is 0 Å². The third-order valence-electron chi connectivity index (χ3n) is 3.37. The number of carbonyl (C=O) groups is 1. The predicted molar refractivity (Wildman–Crippen MR) is 98.6 cm³/mol. The number of nitrogens with one attached hydrogen (secondary N) is 2. The van der Waals surface area contributed by atoms with Crippen LogP contribution >= 0.6 is 15.9 Å². The average molecular weight is 383 g/mol. The van der Waals surface area contributed by atoms with Crippen LogP contribution in [0.4, 0.5) is 17.3 Å². The van der Waals surface area contributed by atoms with E-state index in [0.29, 0.717) is 17.2 Å². The minimum absolute atomic E-state index is 0.253. The zero-order valence-corrected chi connectivity index (χ0v) is 14.5. The highest BCUT2D eigenvalue weighted by Gasteiger charge is 2.08. The van der Waals surface area contributed by atoms with E-state index in [-0.39, 0.29) is 5.91 Å². The van der Waals surface area contributed by atoms with Gasteiger partial charge in [0.05, 0.1) is 5.56 Å². The fraction of sp³-hybridized carbons (Fsp3) is 0.0556. The number of nitrogens with zero attached hydrogens (tertiary/aromatic N) is 2. The molecule has 0 bridgehead atoms. The Hall–Kier alpha value is -2.73. The number of anilines is 3. The summed E-state index contributed by atoms with van der Waals surface area (Å²) in [5, 5.41) is 5.90. The summed E-state index contributed by atoms with van der Waals surface area (Å²) in [5.41, 5.74) is 3.10. The minimum atomic E-state index is -0.253. The molecule has 2 aromatic carbocycles. The first-order chi connectivity index (χ1) is 11.6. The van der Waals surface area contributed by atoms with Crippen LogP contribution in [0.5, 0.6) is 0 Å². The molecule has 24 heavy (non-hydrogen) atoms. The molecule has 0 unspecified atom stereocenters. The molecule has 0 spiro atoms. The molecule has 0 atom stereocenters. The van der Waals surface area contributed by atoms with Gasteiger partial charge in [0.2, 0.25) is 5.95 Å². The van der Waals surface area contributed by atoms with Gasteiger partial charge in [0.15, 0.2) is 0 Å². The maximum absolute atomic E-state index is 12.3. The maximum Gasteiger partial charge on any atom is 0.258 e. The van der Waals surface area contributed by atoms with Gasteiger partial charge in [-0.2, -0.15) is 0 Å². The third kappa shape index (κ3) is 3.97. The molecule has 0 saturated heterocycles. The van der Waals surface area contributed by atoms with Gasteiger partial charge in [0, 0.05) is 28.2 Å². The van der Waals surface area contributed by atoms with Gasteiger partial charge in [-0.25, -0.2) is 9.97 Å². The van der Waals surface area contributed by atoms with Gasteiger partial charge < -0.3 is 10.6 Å². The number of amides is 1. The molecule has 0 aliphatic rings. The number of para-hydroxylation sites is 1. The molecule has 1 amide bonds. The number of carbonyl (C=O) groups excluding carboxylic acids is 1. The second kappa shape index (κ2) is 7.23. The van der Waals surface area contributed by atoms with Crippen molar-refractivity contribution >= 4 is 39.2 Å². The molecule has 5 nitrogen and oxygen atoms in total. The van der Waals surface area contributed by atoms with E-state index < -0.39 is 0 Å². The predicted octanol–water partition coefficient (Wildman–Crippen LogP) is 4.54. The first-order valence-corrected chi connectivity index (χ1v) is 8.13. The van der Waals surface area contributed by atoms with Crippen LogP contribution < -0.4 is 10.6 Å². The van der Waals surface area contributed by atoms with E-state index in [0.717, 1.165) is 15.7 Å². The molecule has 0 saturated carbocycles. The van der Waals surface area contributed by atoms with E-state index in [2.05, 4.69) is 36.5 Å². The van der Waals surface area contributed by atoms with Gasteiger partial charge >= 0.3 is 0 Å². The molecule has 1 heterocycles. The van der Waals surface area contributed by atoms with E-state index in [1.165, 1.54) is 12.4 Å². The number of halogens is 1. The summed E-state index contributed by atoms with van der Waals surface area (Å²) in [5.74, 6) is 0.188. The highest BCUT2D eigenvalue weighted by molar-refractivity contribution is 9.10. The van der Waals surface area contributed by atoms with Crippen molar-refractivity contribution in [1.82, 2.24) is 9.97 Å². The van der Waals surface area contributed by atoms with Gasteiger partial charge in [-0.15, -0.1) is 0 Å². The molecule has 3 rings (SSSR count). The highest BCUT2D eigenvalue weighted by Crippen LogP contribution is 2.21. The normalized spacial score (nSPS) is 10.2. The van der Waals surface area contributed by atoms with Crippen LogP contribution in [0.1, 0.15) is 15.9 Å². The van der Waals surface area contributed by atoms with Gasteiger partial charge in [0.1, 0.15) is 0 Å². The van der Waals surface area contributed by atoms with Crippen molar-refractivity contribution in [2.75, 3.05) is 10.6 Å². The second-order valence-electron chi connectivity index (χ2n) is 5.20. The minimum Gasteiger partial charge on any atom is -0.324 e. The van der Waals surface area contributed by atoms with E-state index in [1.54, 1.807) is 0 Å². The summed E-state index contributed by atoms with van der Waals surface area (Å²) in [6.07, 6.45) is 2.99. The number of rotatable bonds is 4. The Labute approximate surface area is 148 Å². The Morgan fingerprint density at radius 1 is 1.00 bits per heavy atom. The van der Waals surface area contributed by atoms with Gasteiger partial charge in [-0.1, -0.05) is 40.2 Å². The van der Waals surface area contributed by atoms with E-state index >= 15 is 0 Å². The summed E-state index contributed by atoms with van der Waals surface area (Å²) in [6, 6.07) is 15.3. The monoisotopic (exact) mass is 382 g/mol. The van der Waals surface area contributed by atoms with Crippen molar-refractivity contribution < 1.29 is 4.79 Å². The van der Waals surface area contributed by atoms with Crippen LogP contribution in [0.15, 0.2) is 65.4 Å². The Morgan fingerprint density at radius 2 is 1.71 bits per heavy atom. The number of aryl methyl sites for hydroxylation is 1. The van der Waals surface area contributed by atoms with Crippen LogP contribution in [0.25, 0.3) is 0 Å². The largest absolute Gasteiger partial charge is 0.324 e. The van der Waals surface area contributed by atoms with E-state index in [1.807, 2.05) is 55.5 Å². The first kappa shape index (κ1) is 16.1. The zero-order chi connectivity index (χ0) is 16.9. The molecular weight excluding hydrogens is 368 g/mol. The van der Waals surface area contributed by atoms with Gasteiger partial charge in [-0.05, 0) is 36.8 Å². The molecule has 2 N–H and O–H groups in total. The van der Waals surface area contributed by atoms with E-state index in [4.69, 9.17) is 0 Å². The smallest absolute Gasteiger partial charge is 0.258 e. The molecule has 0 fully saturated rings. The van der Waals surface area contributed by atoms with E-state index in [9.17, 15) is 4.79 Å². The van der Waals surface area contributed by atoms with Crippen LogP contribution in [0.2, 0.25) is 0 Å². The lowest BCUT2D eigenvalue weighted by Crippen LogP contribution is -2.13. The summed E-state index contributed by atoms with van der Waals surface area (Å²) < 4.78 is 0.943. The van der Waals surface area contributed by atoms with Crippen molar-refractivity contribution in [3.05, 3.63) is 76.5 Å². The van der Waals surface area contributed by atoms with Crippen molar-refractivity contribution in [1.29, 1.82) is 0 Å². The molecular formula is C18H15BrN4O. The lowest BCUT2D eigenvalue weighted by molar-refractivity contribution is 0.102. The fourth-order valence-electron chi connectivity index (χ4n) is 2.03. The molecule has 0 aliphatic carbocycles. The Bertz CT molecular complexity index is 851. The molecule has 6 heteroatoms. The fourth-order valence-corrected chi connectivity index (χ4v) is 2.41. The molecule has 1 aromatic heterocycles.